The third-order valence-corrected chi connectivity index (χ3v) is 5.66. The van der Waals surface area contributed by atoms with Gasteiger partial charge in [0.2, 0.25) is 0 Å². The van der Waals surface area contributed by atoms with E-state index in [4.69, 9.17) is 0 Å². The van der Waals surface area contributed by atoms with Crippen molar-refractivity contribution in [3.05, 3.63) is 88.7 Å². The zero-order chi connectivity index (χ0) is 17.9. The molecule has 2 aromatic heterocycles. The Hall–Kier alpha value is -2.57. The van der Waals surface area contributed by atoms with Crippen LogP contribution < -0.4 is 4.90 Å². The van der Waals surface area contributed by atoms with Crippen LogP contribution in [0.4, 0.5) is 5.13 Å². The Kier molecular flexibility index (Phi) is 4.77. The standard InChI is InChI=1S/C20H14BrN3OS/c21-16-9-2-1-8-15(16)19(25)24(13-14-7-5-6-12-22-14)20-23-17-10-3-4-11-18(17)26-20/h1-12H,13H2. The molecular weight excluding hydrogens is 410 g/mol. The van der Waals surface area contributed by atoms with Gasteiger partial charge in [0.05, 0.1) is 28.0 Å². The Bertz CT molecular complexity index is 1030. The summed E-state index contributed by atoms with van der Waals surface area (Å²) >= 11 is 4.98. The highest BCUT2D eigenvalue weighted by atomic mass is 79.9. The fraction of sp³-hybridized carbons (Fsp3) is 0.0500. The Balaban J connectivity index is 1.78. The van der Waals surface area contributed by atoms with E-state index in [-0.39, 0.29) is 5.91 Å². The molecule has 2 heterocycles. The SMILES string of the molecule is O=C(c1ccccc1Br)N(Cc1ccccn1)c1nc2ccccc2s1. The highest BCUT2D eigenvalue weighted by molar-refractivity contribution is 9.10. The van der Waals surface area contributed by atoms with Crippen molar-refractivity contribution >= 4 is 48.5 Å². The molecule has 0 aliphatic heterocycles. The predicted octanol–water partition coefficient (Wildman–Crippen LogP) is 5.30. The number of fused-ring (bicyclic) bond motifs is 1. The molecule has 0 aliphatic carbocycles. The number of aromatic nitrogens is 2. The van der Waals surface area contributed by atoms with Crippen molar-refractivity contribution < 1.29 is 4.79 Å². The summed E-state index contributed by atoms with van der Waals surface area (Å²) in [7, 11) is 0. The minimum atomic E-state index is -0.109. The average molecular weight is 424 g/mol. The van der Waals surface area contributed by atoms with E-state index >= 15 is 0 Å². The molecule has 128 valence electrons. The maximum atomic E-state index is 13.3. The average Bonchev–Trinajstić information content (AvgIpc) is 3.10. The number of thiazole rings is 1. The van der Waals surface area contributed by atoms with Gasteiger partial charge in [-0.3, -0.25) is 14.7 Å². The zero-order valence-corrected chi connectivity index (χ0v) is 16.1. The molecule has 0 atom stereocenters. The smallest absolute Gasteiger partial charge is 0.261 e. The van der Waals surface area contributed by atoms with Crippen LogP contribution >= 0.6 is 27.3 Å². The first-order valence-corrected chi connectivity index (χ1v) is 9.65. The molecule has 0 aliphatic rings. The molecule has 0 fully saturated rings. The second-order valence-corrected chi connectivity index (χ2v) is 7.52. The van der Waals surface area contributed by atoms with Gasteiger partial charge in [-0.05, 0) is 52.3 Å². The van der Waals surface area contributed by atoms with Gasteiger partial charge >= 0.3 is 0 Å². The van der Waals surface area contributed by atoms with Gasteiger partial charge in [-0.2, -0.15) is 0 Å². The van der Waals surface area contributed by atoms with Crippen LogP contribution in [0.1, 0.15) is 16.1 Å². The maximum absolute atomic E-state index is 13.3. The highest BCUT2D eigenvalue weighted by Gasteiger charge is 2.23. The molecule has 6 heteroatoms. The van der Waals surface area contributed by atoms with Crippen molar-refractivity contribution in [2.75, 3.05) is 4.90 Å². The number of carbonyl (C=O) groups is 1. The summed E-state index contributed by atoms with van der Waals surface area (Å²) < 4.78 is 1.81. The molecule has 4 aromatic rings. The number of carbonyl (C=O) groups excluding carboxylic acids is 1. The van der Waals surface area contributed by atoms with Gasteiger partial charge in [0.15, 0.2) is 5.13 Å². The van der Waals surface area contributed by atoms with Gasteiger partial charge in [0, 0.05) is 10.7 Å². The lowest BCUT2D eigenvalue weighted by molar-refractivity contribution is 0.0984. The predicted molar refractivity (Wildman–Crippen MR) is 109 cm³/mol. The number of hydrogen-bond donors (Lipinski definition) is 0. The Labute approximate surface area is 163 Å². The summed E-state index contributed by atoms with van der Waals surface area (Å²) in [5, 5.41) is 0.664. The van der Waals surface area contributed by atoms with E-state index in [0.29, 0.717) is 17.2 Å². The summed E-state index contributed by atoms with van der Waals surface area (Å²) in [5.41, 5.74) is 2.30. The van der Waals surface area contributed by atoms with Crippen LogP contribution in [-0.2, 0) is 6.54 Å². The molecule has 0 spiro atoms. The Morgan fingerprint density at radius 3 is 2.54 bits per heavy atom. The van der Waals surface area contributed by atoms with E-state index in [1.54, 1.807) is 11.1 Å². The van der Waals surface area contributed by atoms with E-state index < -0.39 is 0 Å². The largest absolute Gasteiger partial charge is 0.278 e. The summed E-state index contributed by atoms with van der Waals surface area (Å²) in [6, 6.07) is 21.0. The molecule has 2 aromatic carbocycles. The monoisotopic (exact) mass is 423 g/mol. The quantitative estimate of drug-likeness (QED) is 0.447. The van der Waals surface area contributed by atoms with Crippen molar-refractivity contribution in [3.8, 4) is 0 Å². The molecule has 0 N–H and O–H groups in total. The van der Waals surface area contributed by atoms with Crippen LogP contribution in [0.2, 0.25) is 0 Å². The van der Waals surface area contributed by atoms with Gasteiger partial charge in [-0.1, -0.05) is 41.7 Å². The Morgan fingerprint density at radius 2 is 1.77 bits per heavy atom. The molecule has 26 heavy (non-hydrogen) atoms. The van der Waals surface area contributed by atoms with Gasteiger partial charge in [-0.25, -0.2) is 4.98 Å². The molecule has 4 nitrogen and oxygen atoms in total. The number of hydrogen-bond acceptors (Lipinski definition) is 4. The van der Waals surface area contributed by atoms with E-state index in [2.05, 4.69) is 25.9 Å². The van der Waals surface area contributed by atoms with Gasteiger partial charge in [0.1, 0.15) is 0 Å². The maximum Gasteiger partial charge on any atom is 0.261 e. The third-order valence-electron chi connectivity index (χ3n) is 3.91. The van der Waals surface area contributed by atoms with E-state index in [0.717, 1.165) is 20.4 Å². The zero-order valence-electron chi connectivity index (χ0n) is 13.7. The summed E-state index contributed by atoms with van der Waals surface area (Å²) in [6.07, 6.45) is 1.73. The number of halogens is 1. The highest BCUT2D eigenvalue weighted by Crippen LogP contribution is 2.31. The van der Waals surface area contributed by atoms with Crippen molar-refractivity contribution in [3.63, 3.8) is 0 Å². The molecule has 0 saturated heterocycles. The first kappa shape index (κ1) is 16.9. The number of anilines is 1. The minimum absolute atomic E-state index is 0.109. The second kappa shape index (κ2) is 7.35. The third kappa shape index (κ3) is 3.38. The van der Waals surface area contributed by atoms with Crippen LogP contribution in [0.25, 0.3) is 10.2 Å². The van der Waals surface area contributed by atoms with Crippen molar-refractivity contribution in [2.24, 2.45) is 0 Å². The Morgan fingerprint density at radius 1 is 1.00 bits per heavy atom. The molecule has 0 bridgehead atoms. The number of amides is 1. The van der Waals surface area contributed by atoms with E-state index in [1.807, 2.05) is 66.7 Å². The lowest BCUT2D eigenvalue weighted by atomic mass is 10.2. The number of pyridine rings is 1. The van der Waals surface area contributed by atoms with E-state index in [1.165, 1.54) is 11.3 Å². The number of nitrogens with zero attached hydrogens (tertiary/aromatic N) is 3. The second-order valence-electron chi connectivity index (χ2n) is 5.66. The molecule has 4 rings (SSSR count). The van der Waals surface area contributed by atoms with Crippen LogP contribution in [0.3, 0.4) is 0 Å². The van der Waals surface area contributed by atoms with Crippen LogP contribution in [-0.4, -0.2) is 15.9 Å². The fourth-order valence-electron chi connectivity index (χ4n) is 2.64. The first-order valence-electron chi connectivity index (χ1n) is 8.04. The molecule has 0 unspecified atom stereocenters. The van der Waals surface area contributed by atoms with Gasteiger partial charge in [0.25, 0.3) is 5.91 Å². The van der Waals surface area contributed by atoms with Crippen LogP contribution in [0, 0.1) is 0 Å². The van der Waals surface area contributed by atoms with Crippen LogP contribution in [0.15, 0.2) is 77.4 Å². The van der Waals surface area contributed by atoms with Crippen molar-refractivity contribution in [2.45, 2.75) is 6.54 Å². The van der Waals surface area contributed by atoms with Gasteiger partial charge in [-0.15, -0.1) is 0 Å². The molecule has 1 amide bonds. The summed E-state index contributed by atoms with van der Waals surface area (Å²) in [5.74, 6) is -0.109. The lowest BCUT2D eigenvalue weighted by Crippen LogP contribution is -2.31. The van der Waals surface area contributed by atoms with Crippen LogP contribution in [0.5, 0.6) is 0 Å². The number of para-hydroxylation sites is 1. The number of rotatable bonds is 4. The molecule has 0 saturated carbocycles. The summed E-state index contributed by atoms with van der Waals surface area (Å²) in [6.45, 7) is 0.362. The van der Waals surface area contributed by atoms with Crippen molar-refractivity contribution in [1.29, 1.82) is 0 Å². The topological polar surface area (TPSA) is 46.1 Å². The number of benzene rings is 2. The first-order chi connectivity index (χ1) is 12.7. The van der Waals surface area contributed by atoms with Gasteiger partial charge < -0.3 is 0 Å². The lowest BCUT2D eigenvalue weighted by Gasteiger charge is -2.20. The van der Waals surface area contributed by atoms with E-state index in [9.17, 15) is 4.79 Å². The normalized spacial score (nSPS) is 10.8. The fourth-order valence-corrected chi connectivity index (χ4v) is 4.05. The molecule has 0 radical (unpaired) electrons. The molecular formula is C20H14BrN3OS. The minimum Gasteiger partial charge on any atom is -0.278 e. The summed E-state index contributed by atoms with van der Waals surface area (Å²) in [4.78, 5) is 24.0. The van der Waals surface area contributed by atoms with Crippen molar-refractivity contribution in [1.82, 2.24) is 9.97 Å².